The van der Waals surface area contributed by atoms with Crippen LogP contribution in [-0.2, 0) is 69.9 Å². The molecule has 2 heterocycles. The van der Waals surface area contributed by atoms with Gasteiger partial charge in [0.2, 0.25) is 11.9 Å². The molecule has 0 aromatic heterocycles. The van der Waals surface area contributed by atoms with Gasteiger partial charge >= 0.3 is 39.5 Å². The van der Waals surface area contributed by atoms with Crippen LogP contribution in [0.4, 0.5) is 13.2 Å². The summed E-state index contributed by atoms with van der Waals surface area (Å²) in [5.74, 6) is -5.83. The largest absolute Gasteiger partial charge is 0.534 e. The SMILES string of the molecule is CC(=O)OCC12CO[C@@](c3ccc(Cl)c(Cc4ccc(OS(=O)(=O)C(F)(F)F)cc4)c3)(O1)C(OC(C)=O)C(OC(C)=O)C2OC(C)=O. The second kappa shape index (κ2) is 13.3. The summed E-state index contributed by atoms with van der Waals surface area (Å²) in [6, 6.07) is 9.12. The van der Waals surface area contributed by atoms with Crippen LogP contribution in [0.25, 0.3) is 0 Å². The Kier molecular flexibility index (Phi) is 10.2. The zero-order valence-corrected chi connectivity index (χ0v) is 26.7. The van der Waals surface area contributed by atoms with Gasteiger partial charge < -0.3 is 32.6 Å². The highest BCUT2D eigenvalue weighted by molar-refractivity contribution is 7.88. The quantitative estimate of drug-likeness (QED) is 0.153. The third-order valence-electron chi connectivity index (χ3n) is 7.04. The van der Waals surface area contributed by atoms with Crippen LogP contribution >= 0.6 is 11.6 Å². The maximum Gasteiger partial charge on any atom is 0.534 e. The molecule has 0 saturated carbocycles. The van der Waals surface area contributed by atoms with Gasteiger partial charge in [-0.2, -0.15) is 21.6 Å². The molecule has 18 heteroatoms. The monoisotopic (exact) mass is 708 g/mol. The Morgan fingerprint density at radius 3 is 2.04 bits per heavy atom. The average Bonchev–Trinajstić information content (AvgIpc) is 3.31. The van der Waals surface area contributed by atoms with Gasteiger partial charge in [-0.05, 0) is 41.8 Å². The first-order chi connectivity index (χ1) is 21.8. The Balaban J connectivity index is 1.77. The molecule has 13 nitrogen and oxygen atoms in total. The molecule has 2 fully saturated rings. The van der Waals surface area contributed by atoms with Crippen molar-refractivity contribution < 1.29 is 73.4 Å². The van der Waals surface area contributed by atoms with E-state index in [2.05, 4.69) is 4.18 Å². The van der Waals surface area contributed by atoms with Crippen LogP contribution in [0.5, 0.6) is 5.75 Å². The van der Waals surface area contributed by atoms with E-state index in [-0.39, 0.29) is 17.0 Å². The number of benzene rings is 2. The van der Waals surface area contributed by atoms with E-state index in [1.54, 1.807) is 0 Å². The first kappa shape index (κ1) is 35.9. The highest BCUT2D eigenvalue weighted by Gasteiger charge is 2.72. The summed E-state index contributed by atoms with van der Waals surface area (Å²) in [5.41, 5.74) is -6.33. The van der Waals surface area contributed by atoms with E-state index in [0.717, 1.165) is 39.8 Å². The molecule has 0 N–H and O–H groups in total. The van der Waals surface area contributed by atoms with E-state index in [1.807, 2.05) is 0 Å². The number of carbonyl (C=O) groups is 4. The zero-order chi connectivity index (χ0) is 34.9. The highest BCUT2D eigenvalue weighted by atomic mass is 35.5. The Bertz CT molecular complexity index is 1660. The molecule has 2 aromatic carbocycles. The highest BCUT2D eigenvalue weighted by Crippen LogP contribution is 2.53. The summed E-state index contributed by atoms with van der Waals surface area (Å²) in [6.45, 7) is 3.46. The molecule has 256 valence electrons. The van der Waals surface area contributed by atoms with Crippen LogP contribution in [0.1, 0.15) is 44.4 Å². The number of rotatable bonds is 10. The third kappa shape index (κ3) is 7.63. The fourth-order valence-electron chi connectivity index (χ4n) is 5.20. The maximum absolute atomic E-state index is 12.7. The van der Waals surface area contributed by atoms with Crippen molar-refractivity contribution in [3.63, 3.8) is 0 Å². The third-order valence-corrected chi connectivity index (χ3v) is 8.39. The average molecular weight is 709 g/mol. The van der Waals surface area contributed by atoms with Crippen molar-refractivity contribution in [3.8, 4) is 5.75 Å². The lowest BCUT2D eigenvalue weighted by Gasteiger charge is -2.49. The Morgan fingerprint density at radius 1 is 0.894 bits per heavy atom. The Labute approximate surface area is 271 Å². The minimum Gasteiger partial charge on any atom is -0.463 e. The topological polar surface area (TPSA) is 167 Å². The van der Waals surface area contributed by atoms with Gasteiger partial charge in [0, 0.05) is 38.3 Å². The van der Waals surface area contributed by atoms with Gasteiger partial charge in [-0.25, -0.2) is 0 Å². The molecule has 2 saturated heterocycles. The summed E-state index contributed by atoms with van der Waals surface area (Å²) < 4.78 is 99.4. The number of carbonyl (C=O) groups excluding carboxylic acids is 4. The number of hydrogen-bond donors (Lipinski definition) is 0. The first-order valence-electron chi connectivity index (χ1n) is 13.7. The number of fused-ring (bicyclic) bond motifs is 2. The van der Waals surface area contributed by atoms with Gasteiger partial charge in [0.1, 0.15) is 12.4 Å². The molecule has 0 amide bonds. The van der Waals surface area contributed by atoms with Gasteiger partial charge in [0.05, 0.1) is 6.61 Å². The van der Waals surface area contributed by atoms with Crippen molar-refractivity contribution in [2.24, 2.45) is 0 Å². The molecule has 4 unspecified atom stereocenters. The molecule has 2 aliphatic rings. The lowest BCUT2D eigenvalue weighted by atomic mass is 9.83. The zero-order valence-electron chi connectivity index (χ0n) is 25.1. The molecule has 0 aliphatic carbocycles. The van der Waals surface area contributed by atoms with Crippen molar-refractivity contribution in [2.75, 3.05) is 13.2 Å². The van der Waals surface area contributed by atoms with E-state index >= 15 is 0 Å². The lowest BCUT2D eigenvalue weighted by Crippen LogP contribution is -2.68. The Hall–Kier alpha value is -3.93. The summed E-state index contributed by atoms with van der Waals surface area (Å²) in [4.78, 5) is 48.7. The van der Waals surface area contributed by atoms with E-state index < -0.39 is 88.2 Å². The minimum atomic E-state index is -5.88. The Morgan fingerprint density at radius 2 is 1.49 bits per heavy atom. The van der Waals surface area contributed by atoms with Gasteiger partial charge in [0.15, 0.2) is 17.8 Å². The molecule has 0 radical (unpaired) electrons. The summed E-state index contributed by atoms with van der Waals surface area (Å²) in [5, 5.41) is 0.212. The predicted molar refractivity (Wildman–Crippen MR) is 151 cm³/mol. The molecular weight excluding hydrogens is 681 g/mol. The van der Waals surface area contributed by atoms with Crippen LogP contribution in [-0.4, -0.2) is 74.9 Å². The smallest absolute Gasteiger partial charge is 0.463 e. The van der Waals surface area contributed by atoms with Gasteiger partial charge in [-0.15, -0.1) is 0 Å². The van der Waals surface area contributed by atoms with E-state index in [0.29, 0.717) is 11.1 Å². The van der Waals surface area contributed by atoms with E-state index in [9.17, 15) is 40.8 Å². The van der Waals surface area contributed by atoms with Crippen LogP contribution in [0, 0.1) is 0 Å². The number of alkyl halides is 3. The molecule has 0 spiro atoms. The molecule has 2 bridgehead atoms. The fraction of sp³-hybridized carbons (Fsp3) is 0.448. The predicted octanol–water partition coefficient (Wildman–Crippen LogP) is 3.47. The summed E-state index contributed by atoms with van der Waals surface area (Å²) >= 11 is 6.48. The molecule has 47 heavy (non-hydrogen) atoms. The van der Waals surface area contributed by atoms with Gasteiger partial charge in [-0.1, -0.05) is 29.8 Å². The van der Waals surface area contributed by atoms with E-state index in [1.165, 1.54) is 30.3 Å². The molecule has 4 rings (SSSR count). The number of ether oxygens (including phenoxy) is 6. The second-order valence-electron chi connectivity index (χ2n) is 10.6. The molecule has 2 aliphatic heterocycles. The van der Waals surface area contributed by atoms with Crippen LogP contribution in [0.2, 0.25) is 5.02 Å². The molecular formula is C29H28ClF3O13S. The van der Waals surface area contributed by atoms with Crippen molar-refractivity contribution >= 4 is 45.6 Å². The van der Waals surface area contributed by atoms with Gasteiger partial charge in [-0.3, -0.25) is 19.2 Å². The molecule has 5 atom stereocenters. The van der Waals surface area contributed by atoms with Crippen molar-refractivity contribution in [3.05, 3.63) is 64.2 Å². The fourth-order valence-corrected chi connectivity index (χ4v) is 5.85. The standard InChI is InChI=1S/C29H28ClF3O13S/c1-15(34)40-13-27-14-41-28(46-27,26(44-18(4)37)24(42-16(2)35)25(27)43-17(3)36)21-7-10-23(30)20(12-21)11-19-5-8-22(9-6-19)45-47(38,39)29(31,32)33/h5-10,12,24-26H,11,13-14H2,1-4H3/t24?,25?,26?,27?,28-/m0/s1. The maximum atomic E-state index is 12.7. The summed E-state index contributed by atoms with van der Waals surface area (Å²) in [7, 11) is -5.88. The van der Waals surface area contributed by atoms with Crippen molar-refractivity contribution in [1.29, 1.82) is 0 Å². The second-order valence-corrected chi connectivity index (χ2v) is 12.6. The van der Waals surface area contributed by atoms with Crippen LogP contribution < -0.4 is 4.18 Å². The van der Waals surface area contributed by atoms with Crippen LogP contribution in [0.15, 0.2) is 42.5 Å². The van der Waals surface area contributed by atoms with Gasteiger partial charge in [0.25, 0.3) is 0 Å². The number of halogens is 4. The number of hydrogen-bond acceptors (Lipinski definition) is 13. The first-order valence-corrected chi connectivity index (χ1v) is 15.4. The van der Waals surface area contributed by atoms with E-state index in [4.69, 9.17) is 40.0 Å². The summed E-state index contributed by atoms with van der Waals surface area (Å²) in [6.07, 6.45) is -4.54. The van der Waals surface area contributed by atoms with Crippen LogP contribution in [0.3, 0.4) is 0 Å². The number of esters is 4. The van der Waals surface area contributed by atoms with Crippen molar-refractivity contribution in [2.45, 2.75) is 69.3 Å². The lowest BCUT2D eigenvalue weighted by molar-refractivity contribution is -0.334. The molecule has 2 aromatic rings. The minimum absolute atomic E-state index is 0.0370. The normalized spacial score (nSPS) is 25.4. The van der Waals surface area contributed by atoms with Crippen molar-refractivity contribution in [1.82, 2.24) is 0 Å².